The molecule has 1 aromatic rings. The summed E-state index contributed by atoms with van der Waals surface area (Å²) in [7, 11) is 3.74. The minimum atomic E-state index is 0.251. The Morgan fingerprint density at radius 1 is 1.50 bits per heavy atom. The number of phenols is 1. The Kier molecular flexibility index (Phi) is 3.06. The summed E-state index contributed by atoms with van der Waals surface area (Å²) in [5.41, 5.74) is 2.55. The van der Waals surface area contributed by atoms with Crippen LogP contribution in [-0.4, -0.2) is 30.7 Å². The average molecular weight is 221 g/mol. The first-order chi connectivity index (χ1) is 7.67. The minimum Gasteiger partial charge on any atom is -0.504 e. The summed E-state index contributed by atoms with van der Waals surface area (Å²) in [6.07, 6.45) is 2.08. The topological polar surface area (TPSA) is 32.7 Å². The number of phenolic OH excluding ortho intramolecular Hbond substituents is 1. The van der Waals surface area contributed by atoms with Crippen LogP contribution in [0.2, 0.25) is 0 Å². The fourth-order valence-corrected chi connectivity index (χ4v) is 2.54. The third kappa shape index (κ3) is 1.76. The molecular formula is C13H19NO2. The van der Waals surface area contributed by atoms with Gasteiger partial charge in [-0.1, -0.05) is 6.92 Å². The molecule has 0 aliphatic carbocycles. The maximum Gasteiger partial charge on any atom is 0.160 e. The second-order valence-corrected chi connectivity index (χ2v) is 4.38. The second-order valence-electron chi connectivity index (χ2n) is 4.38. The van der Waals surface area contributed by atoms with Crippen LogP contribution in [0.5, 0.6) is 11.5 Å². The van der Waals surface area contributed by atoms with Crippen molar-refractivity contribution in [1.82, 2.24) is 4.90 Å². The SMILES string of the molecule is CCC1c2cc(OC)c(O)cc2CCN1C. The Bertz CT molecular complexity index is 390. The van der Waals surface area contributed by atoms with Gasteiger partial charge in [-0.2, -0.15) is 0 Å². The number of hydrogen-bond acceptors (Lipinski definition) is 3. The van der Waals surface area contributed by atoms with Crippen molar-refractivity contribution >= 4 is 0 Å². The molecule has 1 aliphatic rings. The predicted octanol–water partition coefficient (Wildman–Crippen LogP) is 2.34. The van der Waals surface area contributed by atoms with Gasteiger partial charge in [-0.05, 0) is 43.1 Å². The van der Waals surface area contributed by atoms with Crippen LogP contribution < -0.4 is 4.74 Å². The summed E-state index contributed by atoms with van der Waals surface area (Å²) in [5, 5.41) is 9.75. The van der Waals surface area contributed by atoms with Crippen molar-refractivity contribution in [3.8, 4) is 11.5 Å². The van der Waals surface area contributed by atoms with Crippen molar-refractivity contribution in [2.45, 2.75) is 25.8 Å². The van der Waals surface area contributed by atoms with E-state index in [-0.39, 0.29) is 5.75 Å². The first-order valence-corrected chi connectivity index (χ1v) is 5.77. The van der Waals surface area contributed by atoms with Crippen LogP contribution in [0.3, 0.4) is 0 Å². The zero-order chi connectivity index (χ0) is 11.7. The Morgan fingerprint density at radius 3 is 2.88 bits per heavy atom. The van der Waals surface area contributed by atoms with E-state index in [2.05, 4.69) is 18.9 Å². The quantitative estimate of drug-likeness (QED) is 0.832. The standard InChI is InChI=1S/C13H19NO2/c1-4-11-10-8-13(16-3)12(15)7-9(10)5-6-14(11)2/h7-8,11,15H,4-6H2,1-3H3. The number of likely N-dealkylation sites (N-methyl/N-ethyl adjacent to an activating group) is 1. The summed E-state index contributed by atoms with van der Waals surface area (Å²) < 4.78 is 5.17. The van der Waals surface area contributed by atoms with Crippen LogP contribution in [0, 0.1) is 0 Å². The van der Waals surface area contributed by atoms with E-state index < -0.39 is 0 Å². The highest BCUT2D eigenvalue weighted by molar-refractivity contribution is 5.48. The third-order valence-corrected chi connectivity index (χ3v) is 3.45. The highest BCUT2D eigenvalue weighted by Gasteiger charge is 2.24. The summed E-state index contributed by atoms with van der Waals surface area (Å²) in [4.78, 5) is 2.36. The van der Waals surface area contributed by atoms with Gasteiger partial charge in [0.1, 0.15) is 0 Å². The summed E-state index contributed by atoms with van der Waals surface area (Å²) >= 11 is 0. The zero-order valence-electron chi connectivity index (χ0n) is 10.2. The van der Waals surface area contributed by atoms with E-state index in [0.29, 0.717) is 11.8 Å². The van der Waals surface area contributed by atoms with Crippen LogP contribution >= 0.6 is 0 Å². The van der Waals surface area contributed by atoms with Gasteiger partial charge in [0.15, 0.2) is 11.5 Å². The van der Waals surface area contributed by atoms with E-state index in [1.165, 1.54) is 11.1 Å². The largest absolute Gasteiger partial charge is 0.504 e. The second kappa shape index (κ2) is 4.34. The van der Waals surface area contributed by atoms with Crippen molar-refractivity contribution in [2.24, 2.45) is 0 Å². The van der Waals surface area contributed by atoms with Crippen LogP contribution in [0.4, 0.5) is 0 Å². The molecule has 1 aliphatic heterocycles. The van der Waals surface area contributed by atoms with Gasteiger partial charge in [-0.3, -0.25) is 4.90 Å². The van der Waals surface area contributed by atoms with E-state index >= 15 is 0 Å². The molecule has 0 spiro atoms. The number of fused-ring (bicyclic) bond motifs is 1. The van der Waals surface area contributed by atoms with Gasteiger partial charge in [0, 0.05) is 12.6 Å². The zero-order valence-corrected chi connectivity index (χ0v) is 10.2. The molecule has 1 heterocycles. The number of nitrogens with zero attached hydrogens (tertiary/aromatic N) is 1. The Balaban J connectivity index is 2.48. The first kappa shape index (κ1) is 11.3. The molecular weight excluding hydrogens is 202 g/mol. The molecule has 88 valence electrons. The summed E-state index contributed by atoms with van der Waals surface area (Å²) in [5.74, 6) is 0.827. The van der Waals surface area contributed by atoms with E-state index in [4.69, 9.17) is 4.74 Å². The van der Waals surface area contributed by atoms with Gasteiger partial charge in [0.05, 0.1) is 7.11 Å². The first-order valence-electron chi connectivity index (χ1n) is 5.77. The molecule has 1 aromatic carbocycles. The molecule has 0 aromatic heterocycles. The van der Waals surface area contributed by atoms with Crippen molar-refractivity contribution in [3.05, 3.63) is 23.3 Å². The summed E-state index contributed by atoms with van der Waals surface area (Å²) in [6, 6.07) is 4.27. The molecule has 0 saturated heterocycles. The monoisotopic (exact) mass is 221 g/mol. The molecule has 0 saturated carbocycles. The number of ether oxygens (including phenoxy) is 1. The number of hydrogen-bond donors (Lipinski definition) is 1. The number of aromatic hydroxyl groups is 1. The van der Waals surface area contributed by atoms with Crippen LogP contribution in [0.15, 0.2) is 12.1 Å². The van der Waals surface area contributed by atoms with Crippen molar-refractivity contribution < 1.29 is 9.84 Å². The fourth-order valence-electron chi connectivity index (χ4n) is 2.54. The lowest BCUT2D eigenvalue weighted by Crippen LogP contribution is -2.31. The lowest BCUT2D eigenvalue weighted by molar-refractivity contribution is 0.224. The van der Waals surface area contributed by atoms with Gasteiger partial charge in [-0.25, -0.2) is 0 Å². The fraction of sp³-hybridized carbons (Fsp3) is 0.538. The van der Waals surface area contributed by atoms with E-state index in [9.17, 15) is 5.11 Å². The van der Waals surface area contributed by atoms with Crippen molar-refractivity contribution in [3.63, 3.8) is 0 Å². The average Bonchev–Trinajstić information content (AvgIpc) is 2.28. The van der Waals surface area contributed by atoms with Crippen LogP contribution in [0.25, 0.3) is 0 Å². The maximum atomic E-state index is 9.75. The number of methoxy groups -OCH3 is 1. The van der Waals surface area contributed by atoms with Crippen molar-refractivity contribution in [1.29, 1.82) is 0 Å². The van der Waals surface area contributed by atoms with E-state index in [1.54, 1.807) is 7.11 Å². The van der Waals surface area contributed by atoms with Gasteiger partial charge in [0.25, 0.3) is 0 Å². The van der Waals surface area contributed by atoms with Gasteiger partial charge in [-0.15, -0.1) is 0 Å². The smallest absolute Gasteiger partial charge is 0.160 e. The summed E-state index contributed by atoms with van der Waals surface area (Å²) in [6.45, 7) is 3.24. The normalized spacial score (nSPS) is 20.6. The number of rotatable bonds is 2. The molecule has 0 fully saturated rings. The van der Waals surface area contributed by atoms with E-state index in [0.717, 1.165) is 19.4 Å². The highest BCUT2D eigenvalue weighted by atomic mass is 16.5. The van der Waals surface area contributed by atoms with Crippen LogP contribution in [0.1, 0.15) is 30.5 Å². The molecule has 0 amide bonds. The lowest BCUT2D eigenvalue weighted by atomic mass is 9.91. The third-order valence-electron chi connectivity index (χ3n) is 3.45. The van der Waals surface area contributed by atoms with Crippen LogP contribution in [-0.2, 0) is 6.42 Å². The Labute approximate surface area is 96.6 Å². The van der Waals surface area contributed by atoms with Gasteiger partial charge < -0.3 is 9.84 Å². The Morgan fingerprint density at radius 2 is 2.25 bits per heavy atom. The van der Waals surface area contributed by atoms with Gasteiger partial charge >= 0.3 is 0 Å². The molecule has 1 atom stereocenters. The predicted molar refractivity (Wildman–Crippen MR) is 64.0 cm³/mol. The van der Waals surface area contributed by atoms with Gasteiger partial charge in [0.2, 0.25) is 0 Å². The molecule has 2 rings (SSSR count). The van der Waals surface area contributed by atoms with Crippen molar-refractivity contribution in [2.75, 3.05) is 20.7 Å². The number of benzene rings is 1. The lowest BCUT2D eigenvalue weighted by Gasteiger charge is -2.34. The molecule has 16 heavy (non-hydrogen) atoms. The maximum absolute atomic E-state index is 9.75. The molecule has 0 radical (unpaired) electrons. The molecule has 3 heteroatoms. The highest BCUT2D eigenvalue weighted by Crippen LogP contribution is 2.37. The Hall–Kier alpha value is -1.22. The molecule has 1 unspecified atom stereocenters. The molecule has 1 N–H and O–H groups in total. The minimum absolute atomic E-state index is 0.251. The van der Waals surface area contributed by atoms with E-state index in [1.807, 2.05) is 12.1 Å². The molecule has 0 bridgehead atoms. The molecule has 3 nitrogen and oxygen atoms in total.